The summed E-state index contributed by atoms with van der Waals surface area (Å²) in [6.07, 6.45) is 0.169. The maximum Gasteiger partial charge on any atom is 0.347 e. The molecule has 3 nitrogen and oxygen atoms in total. The Morgan fingerprint density at radius 1 is 1.57 bits per heavy atom. The van der Waals surface area contributed by atoms with Gasteiger partial charge in [-0.25, -0.2) is 4.79 Å². The van der Waals surface area contributed by atoms with Crippen LogP contribution in [0, 0.1) is 0 Å². The SMILES string of the molecule is CCOC(=O)C1Cc2ccccc2O1. The summed E-state index contributed by atoms with van der Waals surface area (Å²) in [6, 6.07) is 7.67. The summed E-state index contributed by atoms with van der Waals surface area (Å²) in [6.45, 7) is 2.19. The molecule has 1 aliphatic rings. The van der Waals surface area contributed by atoms with E-state index in [1.165, 1.54) is 0 Å². The van der Waals surface area contributed by atoms with E-state index >= 15 is 0 Å². The van der Waals surface area contributed by atoms with Crippen molar-refractivity contribution >= 4 is 5.97 Å². The predicted octanol–water partition coefficient (Wildman–Crippen LogP) is 1.55. The highest BCUT2D eigenvalue weighted by molar-refractivity contribution is 5.76. The molecular formula is C11H12O3. The first-order valence-corrected chi connectivity index (χ1v) is 4.72. The zero-order chi connectivity index (χ0) is 9.97. The Hall–Kier alpha value is -1.51. The van der Waals surface area contributed by atoms with Crippen molar-refractivity contribution in [3.05, 3.63) is 29.8 Å². The van der Waals surface area contributed by atoms with Crippen molar-refractivity contribution in [3.63, 3.8) is 0 Å². The molecular weight excluding hydrogens is 180 g/mol. The third-order valence-electron chi connectivity index (χ3n) is 2.20. The number of para-hydroxylation sites is 1. The van der Waals surface area contributed by atoms with E-state index < -0.39 is 6.10 Å². The number of fused-ring (bicyclic) bond motifs is 1. The molecule has 1 heterocycles. The normalized spacial score (nSPS) is 18.5. The lowest BCUT2D eigenvalue weighted by atomic mass is 10.1. The van der Waals surface area contributed by atoms with Gasteiger partial charge >= 0.3 is 5.97 Å². The minimum Gasteiger partial charge on any atom is -0.478 e. The van der Waals surface area contributed by atoms with E-state index in [0.29, 0.717) is 13.0 Å². The Labute approximate surface area is 82.6 Å². The maximum atomic E-state index is 11.4. The molecule has 1 atom stereocenters. The lowest BCUT2D eigenvalue weighted by Crippen LogP contribution is -2.27. The fourth-order valence-corrected chi connectivity index (χ4v) is 1.55. The zero-order valence-corrected chi connectivity index (χ0v) is 8.03. The molecule has 0 spiro atoms. The van der Waals surface area contributed by atoms with Crippen LogP contribution in [0.3, 0.4) is 0 Å². The fourth-order valence-electron chi connectivity index (χ4n) is 1.55. The number of hydrogen-bond acceptors (Lipinski definition) is 3. The Morgan fingerprint density at radius 2 is 2.36 bits per heavy atom. The number of rotatable bonds is 2. The number of benzene rings is 1. The lowest BCUT2D eigenvalue weighted by molar-refractivity contribution is -0.150. The van der Waals surface area contributed by atoms with E-state index in [2.05, 4.69) is 0 Å². The van der Waals surface area contributed by atoms with Gasteiger partial charge in [-0.2, -0.15) is 0 Å². The summed E-state index contributed by atoms with van der Waals surface area (Å²) in [5, 5.41) is 0. The fraction of sp³-hybridized carbons (Fsp3) is 0.364. The van der Waals surface area contributed by atoms with E-state index in [0.717, 1.165) is 11.3 Å². The Kier molecular flexibility index (Phi) is 2.39. The number of hydrogen-bond donors (Lipinski definition) is 0. The van der Waals surface area contributed by atoms with E-state index in [1.807, 2.05) is 24.3 Å². The van der Waals surface area contributed by atoms with Crippen LogP contribution < -0.4 is 4.74 Å². The third kappa shape index (κ3) is 1.58. The topological polar surface area (TPSA) is 35.5 Å². The van der Waals surface area contributed by atoms with Crippen LogP contribution in [0.15, 0.2) is 24.3 Å². The van der Waals surface area contributed by atoms with E-state index in [9.17, 15) is 4.79 Å². The van der Waals surface area contributed by atoms with Crippen LogP contribution in [0.25, 0.3) is 0 Å². The van der Waals surface area contributed by atoms with Gasteiger partial charge in [0, 0.05) is 6.42 Å². The minimum absolute atomic E-state index is 0.274. The van der Waals surface area contributed by atoms with Crippen LogP contribution in [0.4, 0.5) is 0 Å². The van der Waals surface area contributed by atoms with Crippen molar-refractivity contribution in [2.45, 2.75) is 19.4 Å². The smallest absolute Gasteiger partial charge is 0.347 e. The number of carbonyl (C=O) groups excluding carboxylic acids is 1. The van der Waals surface area contributed by atoms with Gasteiger partial charge in [-0.3, -0.25) is 0 Å². The molecule has 1 aromatic rings. The van der Waals surface area contributed by atoms with Crippen molar-refractivity contribution in [3.8, 4) is 5.75 Å². The molecule has 0 saturated carbocycles. The van der Waals surface area contributed by atoms with Gasteiger partial charge in [0.15, 0.2) is 6.10 Å². The van der Waals surface area contributed by atoms with Crippen molar-refractivity contribution in [2.24, 2.45) is 0 Å². The standard InChI is InChI=1S/C11H12O3/c1-2-13-11(12)10-7-8-5-3-4-6-9(8)14-10/h3-6,10H,2,7H2,1H3. The second-order valence-electron chi connectivity index (χ2n) is 3.17. The van der Waals surface area contributed by atoms with Crippen LogP contribution in [0.5, 0.6) is 5.75 Å². The first-order valence-electron chi connectivity index (χ1n) is 4.72. The third-order valence-corrected chi connectivity index (χ3v) is 2.20. The summed E-state index contributed by atoms with van der Waals surface area (Å²) < 4.78 is 10.3. The van der Waals surface area contributed by atoms with Crippen molar-refractivity contribution in [1.29, 1.82) is 0 Å². The second kappa shape index (κ2) is 3.70. The van der Waals surface area contributed by atoms with Gasteiger partial charge in [0.05, 0.1) is 6.61 Å². The minimum atomic E-state index is -0.452. The van der Waals surface area contributed by atoms with Crippen molar-refractivity contribution in [1.82, 2.24) is 0 Å². The molecule has 14 heavy (non-hydrogen) atoms. The molecule has 0 bridgehead atoms. The second-order valence-corrected chi connectivity index (χ2v) is 3.17. The summed E-state index contributed by atoms with van der Waals surface area (Å²) in [5.74, 6) is 0.522. The highest BCUT2D eigenvalue weighted by Gasteiger charge is 2.29. The Morgan fingerprint density at radius 3 is 3.07 bits per heavy atom. The van der Waals surface area contributed by atoms with Crippen LogP contribution in [-0.4, -0.2) is 18.7 Å². The molecule has 2 rings (SSSR count). The van der Waals surface area contributed by atoms with Gasteiger partial charge in [-0.1, -0.05) is 18.2 Å². The van der Waals surface area contributed by atoms with Gasteiger partial charge in [-0.05, 0) is 18.6 Å². The highest BCUT2D eigenvalue weighted by Crippen LogP contribution is 2.28. The predicted molar refractivity (Wildman–Crippen MR) is 51.2 cm³/mol. The Balaban J connectivity index is 2.08. The van der Waals surface area contributed by atoms with E-state index in [-0.39, 0.29) is 5.97 Å². The first kappa shape index (κ1) is 9.06. The summed E-state index contributed by atoms with van der Waals surface area (Å²) in [5.41, 5.74) is 1.07. The summed E-state index contributed by atoms with van der Waals surface area (Å²) in [4.78, 5) is 11.4. The van der Waals surface area contributed by atoms with Gasteiger partial charge in [0.2, 0.25) is 0 Å². The van der Waals surface area contributed by atoms with Crippen LogP contribution in [-0.2, 0) is 16.0 Å². The number of ether oxygens (including phenoxy) is 2. The molecule has 0 amide bonds. The molecule has 1 aliphatic heterocycles. The first-order chi connectivity index (χ1) is 6.81. The molecule has 0 saturated heterocycles. The molecule has 0 N–H and O–H groups in total. The van der Waals surface area contributed by atoms with Crippen LogP contribution in [0.1, 0.15) is 12.5 Å². The number of carbonyl (C=O) groups is 1. The van der Waals surface area contributed by atoms with Gasteiger partial charge < -0.3 is 9.47 Å². The zero-order valence-electron chi connectivity index (χ0n) is 8.03. The maximum absolute atomic E-state index is 11.4. The number of esters is 1. The molecule has 0 radical (unpaired) electrons. The summed E-state index contributed by atoms with van der Waals surface area (Å²) >= 11 is 0. The van der Waals surface area contributed by atoms with Crippen LogP contribution in [0.2, 0.25) is 0 Å². The van der Waals surface area contributed by atoms with E-state index in [4.69, 9.17) is 9.47 Å². The molecule has 1 unspecified atom stereocenters. The average Bonchev–Trinajstić information content (AvgIpc) is 2.61. The van der Waals surface area contributed by atoms with Gasteiger partial charge in [0.1, 0.15) is 5.75 Å². The molecule has 3 heteroatoms. The average molecular weight is 192 g/mol. The van der Waals surface area contributed by atoms with Crippen LogP contribution >= 0.6 is 0 Å². The Bertz CT molecular complexity index is 321. The molecule has 0 aliphatic carbocycles. The van der Waals surface area contributed by atoms with Gasteiger partial charge in [0.25, 0.3) is 0 Å². The molecule has 1 aromatic carbocycles. The molecule has 0 aromatic heterocycles. The van der Waals surface area contributed by atoms with Crippen molar-refractivity contribution in [2.75, 3.05) is 6.61 Å². The molecule has 0 fully saturated rings. The highest BCUT2D eigenvalue weighted by atomic mass is 16.6. The quantitative estimate of drug-likeness (QED) is 0.667. The lowest BCUT2D eigenvalue weighted by Gasteiger charge is -2.08. The van der Waals surface area contributed by atoms with Gasteiger partial charge in [-0.15, -0.1) is 0 Å². The van der Waals surface area contributed by atoms with Crippen molar-refractivity contribution < 1.29 is 14.3 Å². The summed E-state index contributed by atoms with van der Waals surface area (Å²) in [7, 11) is 0. The monoisotopic (exact) mass is 192 g/mol. The largest absolute Gasteiger partial charge is 0.478 e. The van der Waals surface area contributed by atoms with E-state index in [1.54, 1.807) is 6.92 Å². The molecule has 74 valence electrons.